The molecule has 0 aliphatic rings. The second-order valence-electron chi connectivity index (χ2n) is 4.44. The van der Waals surface area contributed by atoms with E-state index in [9.17, 15) is 9.59 Å². The number of benzene rings is 1. The molecule has 5 nitrogen and oxygen atoms in total. The molecule has 1 rings (SSSR count). The number of carboxylic acid groups (broad SMARTS) is 1. The first kappa shape index (κ1) is 15.0. The van der Waals surface area contributed by atoms with Crippen LogP contribution in [0.25, 0.3) is 0 Å². The number of carbonyl (C=O) groups excluding carboxylic acids is 1. The summed E-state index contributed by atoms with van der Waals surface area (Å²) in [4.78, 5) is 22.2. The lowest BCUT2D eigenvalue weighted by molar-refractivity contribution is -0.137. The molecule has 0 aromatic heterocycles. The summed E-state index contributed by atoms with van der Waals surface area (Å²) >= 11 is 0. The largest absolute Gasteiger partial charge is 0.481 e. The number of aryl methyl sites for hydroxylation is 1. The summed E-state index contributed by atoms with van der Waals surface area (Å²) in [5, 5.41) is 14.1. The minimum absolute atomic E-state index is 0.0486. The molecule has 0 radical (unpaired) electrons. The first-order valence-corrected chi connectivity index (χ1v) is 6.40. The van der Waals surface area contributed by atoms with E-state index in [0.29, 0.717) is 6.42 Å². The third kappa shape index (κ3) is 5.42. The van der Waals surface area contributed by atoms with E-state index in [4.69, 9.17) is 5.11 Å². The maximum atomic E-state index is 11.8. The van der Waals surface area contributed by atoms with Gasteiger partial charge in [-0.15, -0.1) is 0 Å². The van der Waals surface area contributed by atoms with E-state index in [2.05, 4.69) is 10.6 Å². The summed E-state index contributed by atoms with van der Waals surface area (Å²) in [7, 11) is 0. The fraction of sp³-hybridized carbons (Fsp3) is 0.429. The molecular formula is C14H20N2O3. The third-order valence-corrected chi connectivity index (χ3v) is 2.82. The van der Waals surface area contributed by atoms with Gasteiger partial charge in [-0.25, -0.2) is 4.79 Å². The number of hydrogen-bond donors (Lipinski definition) is 3. The van der Waals surface area contributed by atoms with Gasteiger partial charge in [-0.2, -0.15) is 0 Å². The van der Waals surface area contributed by atoms with Crippen LogP contribution < -0.4 is 10.6 Å². The highest BCUT2D eigenvalue weighted by molar-refractivity contribution is 5.90. The summed E-state index contributed by atoms with van der Waals surface area (Å²) in [6, 6.07) is 7.12. The zero-order valence-corrected chi connectivity index (χ0v) is 11.3. The topological polar surface area (TPSA) is 78.4 Å². The van der Waals surface area contributed by atoms with Crippen molar-refractivity contribution < 1.29 is 14.7 Å². The van der Waals surface area contributed by atoms with E-state index in [1.165, 1.54) is 0 Å². The van der Waals surface area contributed by atoms with Crippen LogP contribution in [-0.2, 0) is 11.2 Å². The molecule has 0 saturated carbocycles. The molecule has 1 atom stereocenters. The van der Waals surface area contributed by atoms with Gasteiger partial charge in [0.1, 0.15) is 0 Å². The van der Waals surface area contributed by atoms with E-state index in [-0.39, 0.29) is 18.5 Å². The summed E-state index contributed by atoms with van der Waals surface area (Å²) < 4.78 is 0. The van der Waals surface area contributed by atoms with Crippen molar-refractivity contribution in [2.45, 2.75) is 39.2 Å². The average molecular weight is 264 g/mol. The number of rotatable bonds is 6. The Kier molecular flexibility index (Phi) is 5.85. The van der Waals surface area contributed by atoms with Crippen molar-refractivity contribution in [1.29, 1.82) is 0 Å². The van der Waals surface area contributed by atoms with Gasteiger partial charge in [0.15, 0.2) is 0 Å². The first-order valence-electron chi connectivity index (χ1n) is 6.40. The number of hydrogen-bond acceptors (Lipinski definition) is 2. The van der Waals surface area contributed by atoms with Crippen LogP contribution in [0.15, 0.2) is 24.3 Å². The number of aliphatic carboxylic acids is 1. The van der Waals surface area contributed by atoms with E-state index in [0.717, 1.165) is 17.7 Å². The van der Waals surface area contributed by atoms with Gasteiger partial charge in [-0.1, -0.05) is 25.1 Å². The van der Waals surface area contributed by atoms with Gasteiger partial charge in [-0.3, -0.25) is 4.79 Å². The predicted molar refractivity (Wildman–Crippen MR) is 74.3 cm³/mol. The highest BCUT2D eigenvalue weighted by atomic mass is 16.4. The van der Waals surface area contributed by atoms with E-state index >= 15 is 0 Å². The Bertz CT molecular complexity index is 446. The Balaban J connectivity index is 2.48. The quantitative estimate of drug-likeness (QED) is 0.739. The second kappa shape index (κ2) is 7.41. The minimum Gasteiger partial charge on any atom is -0.481 e. The van der Waals surface area contributed by atoms with E-state index < -0.39 is 5.97 Å². The molecule has 3 N–H and O–H groups in total. The molecule has 0 fully saturated rings. The molecule has 19 heavy (non-hydrogen) atoms. The van der Waals surface area contributed by atoms with E-state index in [1.807, 2.05) is 31.2 Å². The molecule has 1 unspecified atom stereocenters. The van der Waals surface area contributed by atoms with Crippen molar-refractivity contribution in [3.63, 3.8) is 0 Å². The van der Waals surface area contributed by atoms with Gasteiger partial charge in [0.05, 0.1) is 0 Å². The summed E-state index contributed by atoms with van der Waals surface area (Å²) in [6.07, 6.45) is 1.30. The third-order valence-electron chi connectivity index (χ3n) is 2.82. The standard InChI is InChI=1S/C14H20N2O3/c1-3-11-6-4-5-7-12(11)16-14(19)15-10(2)8-9-13(17)18/h4-7,10H,3,8-9H2,1-2H3,(H,17,18)(H2,15,16,19). The van der Waals surface area contributed by atoms with Crippen LogP contribution in [0.3, 0.4) is 0 Å². The monoisotopic (exact) mass is 264 g/mol. The molecule has 1 aromatic carbocycles. The van der Waals surface area contributed by atoms with Gasteiger partial charge < -0.3 is 15.7 Å². The second-order valence-corrected chi connectivity index (χ2v) is 4.44. The molecule has 0 saturated heterocycles. The fourth-order valence-electron chi connectivity index (χ4n) is 1.74. The highest BCUT2D eigenvalue weighted by Gasteiger charge is 2.10. The summed E-state index contributed by atoms with van der Waals surface area (Å²) in [6.45, 7) is 3.81. The normalized spacial score (nSPS) is 11.7. The van der Waals surface area contributed by atoms with Crippen LogP contribution in [-0.4, -0.2) is 23.1 Å². The Morgan fingerprint density at radius 3 is 2.63 bits per heavy atom. The number of nitrogens with one attached hydrogen (secondary N) is 2. The van der Waals surface area contributed by atoms with Crippen LogP contribution >= 0.6 is 0 Å². The van der Waals surface area contributed by atoms with Gasteiger partial charge in [0.2, 0.25) is 0 Å². The molecule has 104 valence electrons. The molecule has 2 amide bonds. The lowest BCUT2D eigenvalue weighted by atomic mass is 10.1. The van der Waals surface area contributed by atoms with Crippen molar-refractivity contribution in [1.82, 2.24) is 5.32 Å². The van der Waals surface area contributed by atoms with Crippen LogP contribution in [0.2, 0.25) is 0 Å². The SMILES string of the molecule is CCc1ccccc1NC(=O)NC(C)CCC(=O)O. The summed E-state index contributed by atoms with van der Waals surface area (Å²) in [5.74, 6) is -0.856. The Morgan fingerprint density at radius 1 is 1.32 bits per heavy atom. The number of anilines is 1. The van der Waals surface area contributed by atoms with Gasteiger partial charge in [0, 0.05) is 18.2 Å². The van der Waals surface area contributed by atoms with Crippen LogP contribution in [0, 0.1) is 0 Å². The number of para-hydroxylation sites is 1. The smallest absolute Gasteiger partial charge is 0.319 e. The number of amides is 2. The Morgan fingerprint density at radius 2 is 2.00 bits per heavy atom. The molecule has 5 heteroatoms. The first-order chi connectivity index (χ1) is 9.02. The molecule has 0 aliphatic carbocycles. The summed E-state index contributed by atoms with van der Waals surface area (Å²) in [5.41, 5.74) is 1.85. The fourth-order valence-corrected chi connectivity index (χ4v) is 1.74. The van der Waals surface area contributed by atoms with Crippen molar-refractivity contribution in [2.24, 2.45) is 0 Å². The number of carbonyl (C=O) groups is 2. The van der Waals surface area contributed by atoms with Crippen molar-refractivity contribution >= 4 is 17.7 Å². The molecular weight excluding hydrogens is 244 g/mol. The van der Waals surface area contributed by atoms with E-state index in [1.54, 1.807) is 6.92 Å². The van der Waals surface area contributed by atoms with Crippen molar-refractivity contribution in [3.8, 4) is 0 Å². The van der Waals surface area contributed by atoms with Gasteiger partial charge in [0.25, 0.3) is 0 Å². The van der Waals surface area contributed by atoms with Gasteiger partial charge in [-0.05, 0) is 31.4 Å². The highest BCUT2D eigenvalue weighted by Crippen LogP contribution is 2.15. The zero-order valence-electron chi connectivity index (χ0n) is 11.3. The Labute approximate surface area is 113 Å². The average Bonchev–Trinajstić information content (AvgIpc) is 2.37. The minimum atomic E-state index is -0.856. The number of urea groups is 1. The number of carboxylic acids is 1. The Hall–Kier alpha value is -2.04. The van der Waals surface area contributed by atoms with Crippen molar-refractivity contribution in [2.75, 3.05) is 5.32 Å². The molecule has 0 bridgehead atoms. The predicted octanol–water partition coefficient (Wildman–Crippen LogP) is 2.62. The van der Waals surface area contributed by atoms with Crippen LogP contribution in [0.4, 0.5) is 10.5 Å². The lowest BCUT2D eigenvalue weighted by Gasteiger charge is -2.15. The molecule has 0 aliphatic heterocycles. The maximum Gasteiger partial charge on any atom is 0.319 e. The van der Waals surface area contributed by atoms with Crippen LogP contribution in [0.5, 0.6) is 0 Å². The maximum absolute atomic E-state index is 11.8. The zero-order chi connectivity index (χ0) is 14.3. The van der Waals surface area contributed by atoms with Gasteiger partial charge >= 0.3 is 12.0 Å². The molecule has 1 aromatic rings. The molecule has 0 heterocycles. The van der Waals surface area contributed by atoms with Crippen molar-refractivity contribution in [3.05, 3.63) is 29.8 Å². The van der Waals surface area contributed by atoms with Crippen LogP contribution in [0.1, 0.15) is 32.3 Å². The molecule has 0 spiro atoms. The lowest BCUT2D eigenvalue weighted by Crippen LogP contribution is -2.36.